The minimum Gasteiger partial charge on any atom is -0.445 e. The maximum atomic E-state index is 13.3. The molecule has 1 atom stereocenters. The molecule has 41 heavy (non-hydrogen) atoms. The average Bonchev–Trinajstić information content (AvgIpc) is 2.98. The highest BCUT2D eigenvalue weighted by Crippen LogP contribution is 2.12. The normalized spacial score (nSPS) is 12.1. The number of ether oxygens (including phenoxy) is 1. The number of nitrogens with zero attached hydrogens (tertiary/aromatic N) is 1. The molecule has 0 fully saturated rings. The molecule has 2 N–H and O–H groups in total. The molecule has 3 rings (SSSR count). The van der Waals surface area contributed by atoms with Gasteiger partial charge in [0, 0.05) is 18.0 Å². The monoisotopic (exact) mass is 577 g/mol. The van der Waals surface area contributed by atoms with Crippen molar-refractivity contribution in [3.63, 3.8) is 0 Å². The lowest BCUT2D eigenvalue weighted by molar-refractivity contribution is -0.139. The number of benzene rings is 3. The molecule has 0 aliphatic rings. The van der Waals surface area contributed by atoms with E-state index in [2.05, 4.69) is 10.7 Å². The van der Waals surface area contributed by atoms with Crippen molar-refractivity contribution in [3.05, 3.63) is 114 Å². The molecule has 0 bridgehead atoms. The van der Waals surface area contributed by atoms with Crippen molar-refractivity contribution >= 4 is 27.7 Å². The lowest BCUT2D eigenvalue weighted by atomic mass is 10.0. The largest absolute Gasteiger partial charge is 0.445 e. The maximum absolute atomic E-state index is 13.3. The Morgan fingerprint density at radius 3 is 2.00 bits per heavy atom. The second-order valence-corrected chi connectivity index (χ2v) is 11.6. The number of rotatable bonds is 12. The topological polar surface area (TPSA) is 122 Å². The molecule has 0 spiro atoms. The molecule has 0 saturated heterocycles. The van der Waals surface area contributed by atoms with Gasteiger partial charge in [-0.15, -0.1) is 0 Å². The van der Waals surface area contributed by atoms with E-state index in [1.165, 1.54) is 12.1 Å². The summed E-state index contributed by atoms with van der Waals surface area (Å²) in [5, 5.41) is 4.46. The predicted octanol–water partition coefficient (Wildman–Crippen LogP) is 4.42. The highest BCUT2D eigenvalue weighted by atomic mass is 32.2. The van der Waals surface area contributed by atoms with Crippen LogP contribution in [0.1, 0.15) is 31.4 Å². The van der Waals surface area contributed by atoms with Gasteiger partial charge < -0.3 is 10.1 Å². The summed E-state index contributed by atoms with van der Waals surface area (Å²) < 4.78 is 30.6. The molecular formula is C31H35N3O6S. The summed E-state index contributed by atoms with van der Waals surface area (Å²) in [6.07, 6.45) is 0.816. The number of amides is 3. The van der Waals surface area contributed by atoms with Crippen molar-refractivity contribution < 1.29 is 27.5 Å². The molecule has 10 heteroatoms. The Morgan fingerprint density at radius 1 is 0.854 bits per heavy atom. The van der Waals surface area contributed by atoms with E-state index in [1.54, 1.807) is 18.2 Å². The molecule has 9 nitrogen and oxygen atoms in total. The molecule has 0 aliphatic heterocycles. The van der Waals surface area contributed by atoms with E-state index < -0.39 is 33.8 Å². The van der Waals surface area contributed by atoms with Gasteiger partial charge in [0.2, 0.25) is 0 Å². The SMILES string of the molecule is CC(C)C[C@H](NC(=O)OCc1ccccc1)C(=O)NN(CCc1ccccc1)C(=O)/C=C/S(=O)(=O)c1ccccc1. The van der Waals surface area contributed by atoms with Gasteiger partial charge in [0.05, 0.1) is 4.90 Å². The first-order chi connectivity index (χ1) is 19.6. The summed E-state index contributed by atoms with van der Waals surface area (Å²) in [5.74, 6) is -1.33. The van der Waals surface area contributed by atoms with E-state index in [0.717, 1.165) is 27.6 Å². The number of nitrogens with one attached hydrogen (secondary N) is 2. The predicted molar refractivity (Wildman–Crippen MR) is 156 cm³/mol. The molecule has 3 aromatic carbocycles. The van der Waals surface area contributed by atoms with Crippen LogP contribution >= 0.6 is 0 Å². The first-order valence-electron chi connectivity index (χ1n) is 13.3. The average molecular weight is 578 g/mol. The standard InChI is InChI=1S/C31H35N3O6S/c1-24(2)22-28(32-31(37)40-23-26-14-8-4-9-15-26)30(36)33-34(20-18-25-12-6-3-7-13-25)29(35)19-21-41(38,39)27-16-10-5-11-17-27/h3-17,19,21,24,28H,18,20,22-23H2,1-2H3,(H,32,37)(H,33,36)/b21-19+/t28-/m0/s1. The third-order valence-electron chi connectivity index (χ3n) is 5.97. The molecule has 0 saturated carbocycles. The second-order valence-electron chi connectivity index (χ2n) is 9.75. The minimum absolute atomic E-state index is 0.0320. The summed E-state index contributed by atoms with van der Waals surface area (Å²) in [6.45, 7) is 3.89. The van der Waals surface area contributed by atoms with Crippen LogP contribution in [0.3, 0.4) is 0 Å². The van der Waals surface area contributed by atoms with Gasteiger partial charge >= 0.3 is 6.09 Å². The van der Waals surface area contributed by atoms with Crippen LogP contribution in [0, 0.1) is 5.92 Å². The lowest BCUT2D eigenvalue weighted by Crippen LogP contribution is -2.54. The molecule has 0 aromatic heterocycles. The van der Waals surface area contributed by atoms with Crippen LogP contribution in [0.5, 0.6) is 0 Å². The van der Waals surface area contributed by atoms with Gasteiger partial charge in [0.25, 0.3) is 11.8 Å². The molecule has 0 aliphatic carbocycles. The maximum Gasteiger partial charge on any atom is 0.408 e. The van der Waals surface area contributed by atoms with Crippen LogP contribution in [-0.2, 0) is 37.2 Å². The third kappa shape index (κ3) is 10.6. The van der Waals surface area contributed by atoms with Crippen LogP contribution in [0.4, 0.5) is 4.79 Å². The van der Waals surface area contributed by atoms with Crippen molar-refractivity contribution in [2.45, 2.75) is 44.2 Å². The van der Waals surface area contributed by atoms with Crippen LogP contribution in [0.2, 0.25) is 0 Å². The van der Waals surface area contributed by atoms with Crippen molar-refractivity contribution in [1.82, 2.24) is 15.8 Å². The van der Waals surface area contributed by atoms with E-state index in [1.807, 2.05) is 74.5 Å². The summed E-state index contributed by atoms with van der Waals surface area (Å²) in [6, 6.07) is 25.2. The van der Waals surface area contributed by atoms with Crippen molar-refractivity contribution in [2.75, 3.05) is 6.54 Å². The molecular weight excluding hydrogens is 542 g/mol. The number of hydrogen-bond acceptors (Lipinski definition) is 6. The Labute approximate surface area is 241 Å². The van der Waals surface area contributed by atoms with E-state index in [-0.39, 0.29) is 30.4 Å². The van der Waals surface area contributed by atoms with Gasteiger partial charge in [0.1, 0.15) is 12.6 Å². The van der Waals surface area contributed by atoms with E-state index in [4.69, 9.17) is 4.74 Å². The number of hydrazine groups is 1. The van der Waals surface area contributed by atoms with Crippen molar-refractivity contribution in [1.29, 1.82) is 0 Å². The van der Waals surface area contributed by atoms with Crippen LogP contribution in [-0.4, -0.2) is 43.9 Å². The fourth-order valence-corrected chi connectivity index (χ4v) is 4.84. The van der Waals surface area contributed by atoms with Crippen LogP contribution in [0.25, 0.3) is 0 Å². The van der Waals surface area contributed by atoms with Crippen molar-refractivity contribution in [3.8, 4) is 0 Å². The van der Waals surface area contributed by atoms with Gasteiger partial charge in [0.15, 0.2) is 9.84 Å². The summed E-state index contributed by atoms with van der Waals surface area (Å²) >= 11 is 0. The molecule has 3 aromatic rings. The number of hydrogen-bond donors (Lipinski definition) is 2. The second kappa shape index (κ2) is 15.4. The first kappa shape index (κ1) is 31.1. The lowest BCUT2D eigenvalue weighted by Gasteiger charge is -2.26. The van der Waals surface area contributed by atoms with Gasteiger partial charge in [-0.25, -0.2) is 13.2 Å². The highest BCUT2D eigenvalue weighted by molar-refractivity contribution is 7.94. The number of carbonyl (C=O) groups excluding carboxylic acids is 3. The number of sulfone groups is 1. The Kier molecular flexibility index (Phi) is 11.7. The highest BCUT2D eigenvalue weighted by Gasteiger charge is 2.26. The van der Waals surface area contributed by atoms with E-state index >= 15 is 0 Å². The zero-order valence-electron chi connectivity index (χ0n) is 23.1. The third-order valence-corrected chi connectivity index (χ3v) is 7.39. The van der Waals surface area contributed by atoms with Gasteiger partial charge in [-0.05, 0) is 42.0 Å². The summed E-state index contributed by atoms with van der Waals surface area (Å²) in [4.78, 5) is 39.0. The Bertz CT molecular complexity index is 1410. The van der Waals surface area contributed by atoms with Gasteiger partial charge in [-0.2, -0.15) is 0 Å². The summed E-state index contributed by atoms with van der Waals surface area (Å²) in [7, 11) is -3.88. The van der Waals surface area contributed by atoms with E-state index in [9.17, 15) is 22.8 Å². The Hall–Kier alpha value is -4.44. The van der Waals surface area contributed by atoms with Crippen LogP contribution in [0.15, 0.2) is 107 Å². The molecule has 0 heterocycles. The molecule has 0 radical (unpaired) electrons. The Balaban J connectivity index is 1.73. The molecule has 3 amide bonds. The fraction of sp³-hybridized carbons (Fsp3) is 0.258. The first-order valence-corrected chi connectivity index (χ1v) is 14.8. The smallest absolute Gasteiger partial charge is 0.408 e. The fourth-order valence-electron chi connectivity index (χ4n) is 3.85. The van der Waals surface area contributed by atoms with Gasteiger partial charge in [-0.3, -0.25) is 20.0 Å². The zero-order valence-corrected chi connectivity index (χ0v) is 23.9. The van der Waals surface area contributed by atoms with Crippen LogP contribution < -0.4 is 10.7 Å². The number of carbonyl (C=O) groups is 3. The Morgan fingerprint density at radius 2 is 1.41 bits per heavy atom. The molecule has 216 valence electrons. The van der Waals surface area contributed by atoms with E-state index in [0.29, 0.717) is 6.42 Å². The van der Waals surface area contributed by atoms with Crippen molar-refractivity contribution in [2.24, 2.45) is 5.92 Å². The zero-order chi connectivity index (χ0) is 29.7. The summed E-state index contributed by atoms with van der Waals surface area (Å²) in [5.41, 5.74) is 4.29. The molecule has 0 unspecified atom stereocenters. The quantitative estimate of drug-likeness (QED) is 0.243. The minimum atomic E-state index is -3.88. The number of alkyl carbamates (subject to hydrolysis) is 1. The van der Waals surface area contributed by atoms with Gasteiger partial charge in [-0.1, -0.05) is 92.7 Å².